The number of hydrogen-bond donors (Lipinski definition) is 2. The molecule has 20 heavy (non-hydrogen) atoms. The van der Waals surface area contributed by atoms with E-state index < -0.39 is 10.0 Å². The standard InChI is InChI=1S/C14H23N3O2S/c1-10-5-4-6-13(11(10)2)17-20(18,19)12-7-8-16-14(9-12)15-3/h7-11,13,17H,4-6H2,1-3H3,(H,15,16). The molecule has 3 atom stereocenters. The quantitative estimate of drug-likeness (QED) is 0.894. The van der Waals surface area contributed by atoms with Crippen LogP contribution in [0.15, 0.2) is 23.2 Å². The fourth-order valence-corrected chi connectivity index (χ4v) is 4.10. The van der Waals surface area contributed by atoms with Crippen molar-refractivity contribution < 1.29 is 8.42 Å². The van der Waals surface area contributed by atoms with E-state index in [1.165, 1.54) is 18.7 Å². The summed E-state index contributed by atoms with van der Waals surface area (Å²) in [5.41, 5.74) is 0. The number of anilines is 1. The molecule has 1 aliphatic rings. The van der Waals surface area contributed by atoms with E-state index in [4.69, 9.17) is 0 Å². The number of pyridine rings is 1. The Balaban J connectivity index is 2.18. The Morgan fingerprint density at radius 2 is 2.05 bits per heavy atom. The Hall–Kier alpha value is -1.14. The van der Waals surface area contributed by atoms with Gasteiger partial charge in [0.15, 0.2) is 0 Å². The maximum absolute atomic E-state index is 12.5. The minimum absolute atomic E-state index is 0.0231. The molecule has 1 aromatic rings. The Labute approximate surface area is 121 Å². The van der Waals surface area contributed by atoms with E-state index in [-0.39, 0.29) is 10.9 Å². The van der Waals surface area contributed by atoms with Crippen molar-refractivity contribution in [2.24, 2.45) is 11.8 Å². The van der Waals surface area contributed by atoms with Gasteiger partial charge >= 0.3 is 0 Å². The van der Waals surface area contributed by atoms with Crippen LogP contribution in [0.25, 0.3) is 0 Å². The summed E-state index contributed by atoms with van der Waals surface area (Å²) in [4.78, 5) is 4.31. The summed E-state index contributed by atoms with van der Waals surface area (Å²) in [7, 11) is -1.76. The fourth-order valence-electron chi connectivity index (χ4n) is 2.73. The molecule has 0 bridgehead atoms. The number of nitrogens with zero attached hydrogens (tertiary/aromatic N) is 1. The van der Waals surface area contributed by atoms with Crippen LogP contribution in [0, 0.1) is 11.8 Å². The van der Waals surface area contributed by atoms with Crippen LogP contribution in [-0.4, -0.2) is 26.5 Å². The predicted molar refractivity (Wildman–Crippen MR) is 80.1 cm³/mol. The molecule has 2 N–H and O–H groups in total. The average Bonchev–Trinajstić information content (AvgIpc) is 2.44. The highest BCUT2D eigenvalue weighted by molar-refractivity contribution is 7.89. The summed E-state index contributed by atoms with van der Waals surface area (Å²) in [5, 5.41) is 2.86. The van der Waals surface area contributed by atoms with E-state index >= 15 is 0 Å². The largest absolute Gasteiger partial charge is 0.373 e. The first-order valence-corrected chi connectivity index (χ1v) is 8.58. The first-order valence-electron chi connectivity index (χ1n) is 7.10. The van der Waals surface area contributed by atoms with Gasteiger partial charge in [-0.15, -0.1) is 0 Å². The van der Waals surface area contributed by atoms with Crippen LogP contribution in [0.5, 0.6) is 0 Å². The monoisotopic (exact) mass is 297 g/mol. The van der Waals surface area contributed by atoms with Crippen molar-refractivity contribution in [3.05, 3.63) is 18.3 Å². The molecule has 0 aliphatic heterocycles. The third kappa shape index (κ3) is 3.30. The summed E-state index contributed by atoms with van der Waals surface area (Å²) in [6, 6.07) is 3.11. The van der Waals surface area contributed by atoms with Crippen molar-refractivity contribution in [1.82, 2.24) is 9.71 Å². The van der Waals surface area contributed by atoms with Crippen molar-refractivity contribution in [1.29, 1.82) is 0 Å². The van der Waals surface area contributed by atoms with E-state index in [0.717, 1.165) is 12.8 Å². The molecule has 0 saturated heterocycles. The number of aromatic nitrogens is 1. The molecule has 5 nitrogen and oxygen atoms in total. The molecule has 112 valence electrons. The summed E-state index contributed by atoms with van der Waals surface area (Å²) in [6.07, 6.45) is 4.68. The zero-order chi connectivity index (χ0) is 14.8. The summed E-state index contributed by atoms with van der Waals surface area (Å²) < 4.78 is 27.8. The second-order valence-corrected chi connectivity index (χ2v) is 7.34. The first kappa shape index (κ1) is 15.3. The average molecular weight is 297 g/mol. The molecular formula is C14H23N3O2S. The zero-order valence-corrected chi connectivity index (χ0v) is 13.1. The van der Waals surface area contributed by atoms with Gasteiger partial charge in [-0.2, -0.15) is 0 Å². The van der Waals surface area contributed by atoms with Crippen molar-refractivity contribution >= 4 is 15.8 Å². The smallest absolute Gasteiger partial charge is 0.241 e. The lowest BCUT2D eigenvalue weighted by molar-refractivity contribution is 0.227. The highest BCUT2D eigenvalue weighted by Gasteiger charge is 2.30. The highest BCUT2D eigenvalue weighted by atomic mass is 32.2. The van der Waals surface area contributed by atoms with E-state index in [1.54, 1.807) is 13.1 Å². The molecular weight excluding hydrogens is 274 g/mol. The fraction of sp³-hybridized carbons (Fsp3) is 0.643. The minimum atomic E-state index is -3.48. The molecule has 2 rings (SSSR count). The molecule has 3 unspecified atom stereocenters. The van der Waals surface area contributed by atoms with Crippen molar-refractivity contribution in [2.45, 2.75) is 44.0 Å². The third-order valence-electron chi connectivity index (χ3n) is 4.31. The molecule has 0 amide bonds. The van der Waals surface area contributed by atoms with Crippen molar-refractivity contribution in [2.75, 3.05) is 12.4 Å². The Morgan fingerprint density at radius 3 is 2.75 bits per heavy atom. The van der Waals surface area contributed by atoms with Gasteiger partial charge in [-0.3, -0.25) is 0 Å². The first-order chi connectivity index (χ1) is 9.44. The molecule has 1 fully saturated rings. The molecule has 1 heterocycles. The normalized spacial score (nSPS) is 27.2. The zero-order valence-electron chi connectivity index (χ0n) is 12.3. The molecule has 1 saturated carbocycles. The van der Waals surface area contributed by atoms with Gasteiger partial charge < -0.3 is 5.32 Å². The number of nitrogens with one attached hydrogen (secondary N) is 2. The molecule has 1 aromatic heterocycles. The van der Waals surface area contributed by atoms with Crippen LogP contribution in [0.3, 0.4) is 0 Å². The minimum Gasteiger partial charge on any atom is -0.373 e. The van der Waals surface area contributed by atoms with Crippen LogP contribution < -0.4 is 10.0 Å². The summed E-state index contributed by atoms with van der Waals surface area (Å²) >= 11 is 0. The number of sulfonamides is 1. The van der Waals surface area contributed by atoms with Gasteiger partial charge in [0.25, 0.3) is 0 Å². The Kier molecular flexibility index (Phi) is 4.65. The van der Waals surface area contributed by atoms with Crippen LogP contribution in [-0.2, 0) is 10.0 Å². The third-order valence-corrected chi connectivity index (χ3v) is 5.80. The lowest BCUT2D eigenvalue weighted by Gasteiger charge is -2.34. The van der Waals surface area contributed by atoms with Gasteiger partial charge in [0.05, 0.1) is 4.90 Å². The second kappa shape index (κ2) is 6.10. The van der Waals surface area contributed by atoms with E-state index in [1.807, 2.05) is 0 Å². The summed E-state index contributed by atoms with van der Waals surface area (Å²) in [5.74, 6) is 1.48. The van der Waals surface area contributed by atoms with E-state index in [0.29, 0.717) is 17.7 Å². The maximum Gasteiger partial charge on any atom is 0.241 e. The van der Waals surface area contributed by atoms with Gasteiger partial charge in [-0.05, 0) is 24.3 Å². The molecule has 0 spiro atoms. The van der Waals surface area contributed by atoms with Gasteiger partial charge in [0, 0.05) is 25.4 Å². The van der Waals surface area contributed by atoms with E-state index in [9.17, 15) is 8.42 Å². The second-order valence-electron chi connectivity index (χ2n) is 5.62. The SMILES string of the molecule is CNc1cc(S(=O)(=O)NC2CCCC(C)C2C)ccn1. The topological polar surface area (TPSA) is 71.1 Å². The Morgan fingerprint density at radius 1 is 1.30 bits per heavy atom. The molecule has 0 aromatic carbocycles. The summed E-state index contributed by atoms with van der Waals surface area (Å²) in [6.45, 7) is 4.32. The van der Waals surface area contributed by atoms with Gasteiger partial charge in [-0.1, -0.05) is 26.7 Å². The van der Waals surface area contributed by atoms with Gasteiger partial charge in [0.1, 0.15) is 5.82 Å². The molecule has 0 radical (unpaired) electrons. The lowest BCUT2D eigenvalue weighted by atomic mass is 9.78. The van der Waals surface area contributed by atoms with Crippen molar-refractivity contribution in [3.63, 3.8) is 0 Å². The van der Waals surface area contributed by atoms with E-state index in [2.05, 4.69) is 28.9 Å². The van der Waals surface area contributed by atoms with Gasteiger partial charge in [-0.25, -0.2) is 18.1 Å². The number of rotatable bonds is 4. The van der Waals surface area contributed by atoms with Crippen LogP contribution in [0.4, 0.5) is 5.82 Å². The maximum atomic E-state index is 12.5. The highest BCUT2D eigenvalue weighted by Crippen LogP contribution is 2.30. The van der Waals surface area contributed by atoms with Crippen molar-refractivity contribution in [3.8, 4) is 0 Å². The lowest BCUT2D eigenvalue weighted by Crippen LogP contribution is -2.43. The van der Waals surface area contributed by atoms with Crippen LogP contribution in [0.1, 0.15) is 33.1 Å². The molecule has 1 aliphatic carbocycles. The molecule has 6 heteroatoms. The van der Waals surface area contributed by atoms with Gasteiger partial charge in [0.2, 0.25) is 10.0 Å². The van der Waals surface area contributed by atoms with Crippen LogP contribution in [0.2, 0.25) is 0 Å². The van der Waals surface area contributed by atoms with Crippen LogP contribution >= 0.6 is 0 Å². The predicted octanol–water partition coefficient (Wildman–Crippen LogP) is 2.23. The Bertz CT molecular complexity index is 559. The number of hydrogen-bond acceptors (Lipinski definition) is 4.